The van der Waals surface area contributed by atoms with E-state index < -0.39 is 17.2 Å². The lowest BCUT2D eigenvalue weighted by molar-refractivity contribution is -0.133. The molecule has 2 saturated heterocycles. The molecule has 2 N–H and O–H groups in total. The largest absolute Gasteiger partial charge is 0.346 e. The molecule has 2 fully saturated rings. The van der Waals surface area contributed by atoms with Gasteiger partial charge in [-0.2, -0.15) is 0 Å². The number of rotatable bonds is 3. The lowest BCUT2D eigenvalue weighted by Gasteiger charge is -2.45. The van der Waals surface area contributed by atoms with Crippen LogP contribution in [0.25, 0.3) is 11.1 Å². The van der Waals surface area contributed by atoms with Gasteiger partial charge in [0, 0.05) is 23.2 Å². The van der Waals surface area contributed by atoms with Crippen LogP contribution in [0.2, 0.25) is 5.02 Å². The van der Waals surface area contributed by atoms with Crippen molar-refractivity contribution in [1.82, 2.24) is 15.1 Å². The fraction of sp³-hybridized carbons (Fsp3) is 0.391. The van der Waals surface area contributed by atoms with Gasteiger partial charge < -0.3 is 10.2 Å². The van der Waals surface area contributed by atoms with Crippen LogP contribution in [0.4, 0.5) is 8.78 Å². The topological polar surface area (TPSA) is 59.4 Å². The Morgan fingerprint density at radius 2 is 1.87 bits per heavy atom. The average Bonchev–Trinajstić information content (AvgIpc) is 2.69. The Kier molecular flexibility index (Phi) is 5.75. The molecule has 1 atom stereocenters. The average molecular weight is 447 g/mol. The van der Waals surface area contributed by atoms with E-state index >= 15 is 0 Å². The summed E-state index contributed by atoms with van der Waals surface area (Å²) >= 11 is 6.67. The van der Waals surface area contributed by atoms with E-state index in [9.17, 15) is 13.6 Å². The minimum atomic E-state index is -0.917. The normalized spacial score (nSPS) is 23.2. The molecule has 2 aromatic rings. The summed E-state index contributed by atoms with van der Waals surface area (Å²) in [5.74, 6) is -1.45. The summed E-state index contributed by atoms with van der Waals surface area (Å²) in [7, 11) is 2.05. The molecule has 0 saturated carbocycles. The standard InChI is InChI=1S/C23H25ClF2N4O/c1-23(13-20(31)30(22(27)28-23)15-8-10-29(2)11-9-15)18-5-3-4-17(21(18)24)16-7-6-14(25)12-19(16)26/h3-7,12,15H,8-11,13H2,1-2H3,(H2,27,28)/t23-/m0/s1. The van der Waals surface area contributed by atoms with E-state index in [1.54, 1.807) is 23.1 Å². The number of hydrogen-bond donors (Lipinski definition) is 2. The van der Waals surface area contributed by atoms with Gasteiger partial charge in [-0.1, -0.05) is 29.8 Å². The van der Waals surface area contributed by atoms with Crippen molar-refractivity contribution in [2.45, 2.75) is 37.8 Å². The van der Waals surface area contributed by atoms with E-state index in [0.717, 1.165) is 32.0 Å². The summed E-state index contributed by atoms with van der Waals surface area (Å²) in [6.45, 7) is 3.59. The van der Waals surface area contributed by atoms with Crippen molar-refractivity contribution in [2.75, 3.05) is 20.1 Å². The van der Waals surface area contributed by atoms with Gasteiger partial charge in [-0.25, -0.2) is 8.78 Å². The van der Waals surface area contributed by atoms with E-state index in [0.29, 0.717) is 11.1 Å². The fourth-order valence-electron chi connectivity index (χ4n) is 4.55. The first kappa shape index (κ1) is 21.7. The van der Waals surface area contributed by atoms with Crippen molar-refractivity contribution < 1.29 is 13.6 Å². The lowest BCUT2D eigenvalue weighted by Crippen LogP contribution is -2.63. The summed E-state index contributed by atoms with van der Waals surface area (Å²) in [5, 5.41) is 12.0. The molecule has 31 heavy (non-hydrogen) atoms. The quantitative estimate of drug-likeness (QED) is 0.736. The third kappa shape index (κ3) is 4.04. The van der Waals surface area contributed by atoms with Gasteiger partial charge in [-0.05, 0) is 57.6 Å². The van der Waals surface area contributed by atoms with Gasteiger partial charge in [0.2, 0.25) is 5.91 Å². The number of halogens is 3. The van der Waals surface area contributed by atoms with Gasteiger partial charge >= 0.3 is 0 Å². The van der Waals surface area contributed by atoms with Gasteiger partial charge in [0.25, 0.3) is 0 Å². The number of nitrogens with zero attached hydrogens (tertiary/aromatic N) is 2. The predicted octanol–water partition coefficient (Wildman–Crippen LogP) is 4.35. The van der Waals surface area contributed by atoms with Crippen molar-refractivity contribution in [3.8, 4) is 11.1 Å². The molecule has 8 heteroatoms. The molecular formula is C23H25ClF2N4O. The number of nitrogens with one attached hydrogen (secondary N) is 2. The maximum Gasteiger partial charge on any atom is 0.232 e. The molecule has 0 radical (unpaired) electrons. The molecule has 2 aliphatic rings. The second-order valence-electron chi connectivity index (χ2n) is 8.57. The van der Waals surface area contributed by atoms with E-state index in [-0.39, 0.29) is 34.9 Å². The summed E-state index contributed by atoms with van der Waals surface area (Å²) in [5.41, 5.74) is 0.273. The predicted molar refractivity (Wildman–Crippen MR) is 117 cm³/mol. The van der Waals surface area contributed by atoms with Crippen molar-refractivity contribution in [1.29, 1.82) is 5.41 Å². The molecule has 0 spiro atoms. The van der Waals surface area contributed by atoms with Crippen LogP contribution >= 0.6 is 11.6 Å². The molecule has 2 heterocycles. The van der Waals surface area contributed by atoms with Crippen molar-refractivity contribution >= 4 is 23.5 Å². The van der Waals surface area contributed by atoms with Gasteiger partial charge in [-0.3, -0.25) is 15.1 Å². The van der Waals surface area contributed by atoms with E-state index in [1.807, 2.05) is 14.0 Å². The van der Waals surface area contributed by atoms with Gasteiger partial charge in [0.1, 0.15) is 11.6 Å². The second kappa shape index (κ2) is 8.20. The van der Waals surface area contributed by atoms with Gasteiger partial charge in [0.05, 0.1) is 17.0 Å². The zero-order valence-electron chi connectivity index (χ0n) is 17.5. The van der Waals surface area contributed by atoms with Crippen LogP contribution in [0.3, 0.4) is 0 Å². The zero-order chi connectivity index (χ0) is 22.3. The summed E-state index contributed by atoms with van der Waals surface area (Å²) < 4.78 is 27.7. The molecule has 1 amide bonds. The molecule has 0 aliphatic carbocycles. The Balaban J connectivity index is 1.64. The number of carbonyl (C=O) groups excluding carboxylic acids is 1. The Morgan fingerprint density at radius 3 is 2.52 bits per heavy atom. The van der Waals surface area contributed by atoms with E-state index in [2.05, 4.69) is 10.2 Å². The summed E-state index contributed by atoms with van der Waals surface area (Å²) in [6.07, 6.45) is 1.77. The van der Waals surface area contributed by atoms with Crippen LogP contribution in [-0.4, -0.2) is 47.8 Å². The second-order valence-corrected chi connectivity index (χ2v) is 8.95. The van der Waals surface area contributed by atoms with Crippen LogP contribution < -0.4 is 5.32 Å². The molecule has 0 aromatic heterocycles. The number of hydrogen-bond acceptors (Lipinski definition) is 3. The summed E-state index contributed by atoms with van der Waals surface area (Å²) in [6, 6.07) is 8.50. The third-order valence-electron chi connectivity index (χ3n) is 6.28. The number of likely N-dealkylation sites (tertiary alicyclic amines) is 1. The highest BCUT2D eigenvalue weighted by Gasteiger charge is 2.43. The first-order valence-corrected chi connectivity index (χ1v) is 10.7. The van der Waals surface area contributed by atoms with Crippen LogP contribution in [0.1, 0.15) is 31.7 Å². The zero-order valence-corrected chi connectivity index (χ0v) is 18.3. The van der Waals surface area contributed by atoms with Crippen molar-refractivity contribution in [2.24, 2.45) is 0 Å². The third-order valence-corrected chi connectivity index (χ3v) is 6.68. The SMILES string of the molecule is CN1CCC(N2C(=N)N[C@](C)(c3cccc(-c4ccc(F)cc4F)c3Cl)CC2=O)CC1. The number of amides is 1. The number of carbonyl (C=O) groups is 1. The maximum atomic E-state index is 14.4. The first-order valence-electron chi connectivity index (χ1n) is 10.3. The van der Waals surface area contributed by atoms with Gasteiger partial charge in [0.15, 0.2) is 5.96 Å². The maximum absolute atomic E-state index is 14.4. The van der Waals surface area contributed by atoms with Gasteiger partial charge in [-0.15, -0.1) is 0 Å². The molecule has 4 rings (SSSR count). The molecule has 5 nitrogen and oxygen atoms in total. The van der Waals surface area contributed by atoms with E-state index in [4.69, 9.17) is 17.0 Å². The minimum Gasteiger partial charge on any atom is -0.346 e. The Labute approximate surface area is 185 Å². The molecule has 164 valence electrons. The molecule has 0 unspecified atom stereocenters. The van der Waals surface area contributed by atoms with E-state index in [1.165, 1.54) is 12.1 Å². The van der Waals surface area contributed by atoms with Crippen LogP contribution in [-0.2, 0) is 10.3 Å². The molecule has 0 bridgehead atoms. The molecule has 2 aromatic carbocycles. The Morgan fingerprint density at radius 1 is 1.16 bits per heavy atom. The van der Waals surface area contributed by atoms with Crippen molar-refractivity contribution in [3.63, 3.8) is 0 Å². The number of piperidine rings is 1. The highest BCUT2D eigenvalue weighted by atomic mass is 35.5. The highest BCUT2D eigenvalue weighted by Crippen LogP contribution is 2.40. The fourth-order valence-corrected chi connectivity index (χ4v) is 4.99. The molecule has 2 aliphatic heterocycles. The Hall–Kier alpha value is -2.51. The first-order chi connectivity index (χ1) is 14.7. The van der Waals surface area contributed by atoms with Crippen LogP contribution in [0.15, 0.2) is 36.4 Å². The number of benzene rings is 2. The smallest absolute Gasteiger partial charge is 0.232 e. The number of guanidine groups is 1. The molecular weight excluding hydrogens is 422 g/mol. The monoisotopic (exact) mass is 446 g/mol. The summed E-state index contributed by atoms with van der Waals surface area (Å²) in [4.78, 5) is 16.9. The minimum absolute atomic E-state index is 0.00312. The van der Waals surface area contributed by atoms with Crippen molar-refractivity contribution in [3.05, 3.63) is 58.6 Å². The lowest BCUT2D eigenvalue weighted by atomic mass is 9.84. The highest BCUT2D eigenvalue weighted by molar-refractivity contribution is 6.34. The van der Waals surface area contributed by atoms with Crippen LogP contribution in [0, 0.1) is 17.0 Å². The Bertz CT molecular complexity index is 1020. The van der Waals surface area contributed by atoms with Crippen LogP contribution in [0.5, 0.6) is 0 Å².